The number of hydrogen-bond donors (Lipinski definition) is 3. The smallest absolute Gasteiger partial charge is 0.273 e. The molecule has 0 aliphatic rings. The summed E-state index contributed by atoms with van der Waals surface area (Å²) in [7, 11) is 0. The molecule has 0 saturated heterocycles. The fourth-order valence-electron chi connectivity index (χ4n) is 1.59. The molecule has 0 aliphatic carbocycles. The molecule has 22 heavy (non-hydrogen) atoms. The number of carbonyl (C=O) groups excluding carboxylic acids is 1. The van der Waals surface area contributed by atoms with Crippen LogP contribution >= 0.6 is 15.9 Å². The Hall–Kier alpha value is -1.73. The van der Waals surface area contributed by atoms with Gasteiger partial charge >= 0.3 is 0 Å². The quantitative estimate of drug-likeness (QED) is 0.419. The van der Waals surface area contributed by atoms with E-state index in [-0.39, 0.29) is 24.4 Å². The van der Waals surface area contributed by atoms with Gasteiger partial charge < -0.3 is 16.3 Å². The summed E-state index contributed by atoms with van der Waals surface area (Å²) in [5.41, 5.74) is 1.30. The van der Waals surface area contributed by atoms with Crippen molar-refractivity contribution in [3.05, 3.63) is 33.8 Å². The molecular formula is C15H21BrN4O2. The Balaban J connectivity index is 2.75. The largest absolute Gasteiger partial charge is 0.392 e. The number of amides is 1. The number of hydrazone groups is 1. The van der Waals surface area contributed by atoms with Gasteiger partial charge in [0.1, 0.15) is 0 Å². The van der Waals surface area contributed by atoms with Crippen LogP contribution in [0.3, 0.4) is 0 Å². The van der Waals surface area contributed by atoms with Crippen LogP contribution in [0.4, 0.5) is 0 Å². The molecule has 0 atom stereocenters. The van der Waals surface area contributed by atoms with Crippen LogP contribution in [0, 0.1) is 0 Å². The van der Waals surface area contributed by atoms with Crippen molar-refractivity contribution in [1.82, 2.24) is 5.32 Å². The molecule has 0 aromatic heterocycles. The molecule has 0 heterocycles. The molecule has 7 heteroatoms. The number of halogens is 1. The van der Waals surface area contributed by atoms with Gasteiger partial charge in [0, 0.05) is 11.0 Å². The van der Waals surface area contributed by atoms with Gasteiger partial charge in [-0.25, -0.2) is 0 Å². The van der Waals surface area contributed by atoms with Crippen LogP contribution in [0.25, 0.3) is 0 Å². The van der Waals surface area contributed by atoms with Crippen LogP contribution in [-0.4, -0.2) is 28.5 Å². The number of carbonyl (C=O) groups is 1. The van der Waals surface area contributed by atoms with E-state index in [9.17, 15) is 9.90 Å². The summed E-state index contributed by atoms with van der Waals surface area (Å²) in [4.78, 5) is 16.3. The molecule has 120 valence electrons. The lowest BCUT2D eigenvalue weighted by Crippen LogP contribution is -2.33. The van der Waals surface area contributed by atoms with E-state index in [1.165, 1.54) is 6.21 Å². The maximum Gasteiger partial charge on any atom is 0.273 e. The van der Waals surface area contributed by atoms with Crippen molar-refractivity contribution in [2.45, 2.75) is 39.5 Å². The first kappa shape index (κ1) is 18.3. The van der Waals surface area contributed by atoms with Gasteiger partial charge in [0.25, 0.3) is 5.91 Å². The highest BCUT2D eigenvalue weighted by Crippen LogP contribution is 2.16. The molecule has 0 unspecified atom stereocenters. The molecule has 0 spiro atoms. The third kappa shape index (κ3) is 5.95. The van der Waals surface area contributed by atoms with Gasteiger partial charge in [-0.05, 0) is 44.0 Å². The van der Waals surface area contributed by atoms with Gasteiger partial charge in [-0.1, -0.05) is 22.0 Å². The molecule has 6 nitrogen and oxygen atoms in total. The molecule has 0 bridgehead atoms. The maximum absolute atomic E-state index is 12.0. The van der Waals surface area contributed by atoms with E-state index in [1.54, 1.807) is 6.07 Å². The number of aliphatic imine (C=N–C) groups is 1. The van der Waals surface area contributed by atoms with E-state index in [2.05, 4.69) is 31.3 Å². The zero-order chi connectivity index (χ0) is 16.8. The van der Waals surface area contributed by atoms with E-state index in [1.807, 2.05) is 32.9 Å². The SMILES string of the molecule is CC(C)(C)N=C/C(=N\N)C(=O)NCc1ccc(Br)cc1CO. The van der Waals surface area contributed by atoms with Crippen LogP contribution in [0.15, 0.2) is 32.8 Å². The Labute approximate surface area is 138 Å². The highest BCUT2D eigenvalue weighted by molar-refractivity contribution is 9.10. The molecule has 1 amide bonds. The first-order chi connectivity index (χ1) is 10.3. The van der Waals surface area contributed by atoms with Crippen LogP contribution in [0.5, 0.6) is 0 Å². The second kappa shape index (κ2) is 8.05. The fourth-order valence-corrected chi connectivity index (χ4v) is 1.99. The van der Waals surface area contributed by atoms with Gasteiger partial charge in [0.2, 0.25) is 0 Å². The number of nitrogens with zero attached hydrogens (tertiary/aromatic N) is 2. The average molecular weight is 369 g/mol. The minimum atomic E-state index is -0.415. The Bertz CT molecular complexity index is 592. The van der Waals surface area contributed by atoms with Gasteiger partial charge in [0.05, 0.1) is 18.4 Å². The topological polar surface area (TPSA) is 100 Å². The zero-order valence-electron chi connectivity index (χ0n) is 12.9. The average Bonchev–Trinajstić information content (AvgIpc) is 2.45. The Kier molecular flexibility index (Phi) is 6.70. The van der Waals surface area contributed by atoms with Gasteiger partial charge in [0.15, 0.2) is 5.71 Å². The Morgan fingerprint density at radius 1 is 1.41 bits per heavy atom. The lowest BCUT2D eigenvalue weighted by Gasteiger charge is -2.12. The summed E-state index contributed by atoms with van der Waals surface area (Å²) in [5, 5.41) is 15.5. The predicted octanol–water partition coefficient (Wildman–Crippen LogP) is 1.74. The molecule has 0 aliphatic heterocycles. The number of nitrogens with two attached hydrogens (primary N) is 1. The number of nitrogens with one attached hydrogen (secondary N) is 1. The van der Waals surface area contributed by atoms with Gasteiger partial charge in [-0.15, -0.1) is 0 Å². The predicted molar refractivity (Wildman–Crippen MR) is 91.8 cm³/mol. The number of aliphatic hydroxyl groups is 1. The zero-order valence-corrected chi connectivity index (χ0v) is 14.5. The van der Waals surface area contributed by atoms with Crippen molar-refractivity contribution in [3.63, 3.8) is 0 Å². The van der Waals surface area contributed by atoms with E-state index >= 15 is 0 Å². The third-order valence-corrected chi connectivity index (χ3v) is 3.22. The maximum atomic E-state index is 12.0. The number of rotatable bonds is 5. The summed E-state index contributed by atoms with van der Waals surface area (Å²) in [6.07, 6.45) is 1.36. The monoisotopic (exact) mass is 368 g/mol. The van der Waals surface area contributed by atoms with Crippen molar-refractivity contribution in [1.29, 1.82) is 0 Å². The molecule has 1 rings (SSSR count). The lowest BCUT2D eigenvalue weighted by molar-refractivity contribution is -0.114. The molecule has 4 N–H and O–H groups in total. The van der Waals surface area contributed by atoms with E-state index < -0.39 is 5.91 Å². The normalized spacial score (nSPS) is 12.7. The minimum absolute atomic E-state index is 0.0533. The van der Waals surface area contributed by atoms with Crippen LogP contribution in [0.1, 0.15) is 31.9 Å². The summed E-state index contributed by atoms with van der Waals surface area (Å²) < 4.78 is 0.869. The number of aliphatic hydroxyl groups excluding tert-OH is 1. The van der Waals surface area contributed by atoms with Crippen LogP contribution in [-0.2, 0) is 17.9 Å². The van der Waals surface area contributed by atoms with Gasteiger partial charge in [-0.2, -0.15) is 5.10 Å². The number of benzene rings is 1. The van der Waals surface area contributed by atoms with Crippen molar-refractivity contribution in [3.8, 4) is 0 Å². The molecule has 1 aromatic rings. The summed E-state index contributed by atoms with van der Waals surface area (Å²) in [6, 6.07) is 5.48. The highest BCUT2D eigenvalue weighted by atomic mass is 79.9. The standard InChI is InChI=1S/C15H21BrN4O2/c1-15(2,3)19-8-13(20-17)14(22)18-7-10-4-5-12(16)6-11(10)9-21/h4-6,8,21H,7,9,17H2,1-3H3,(H,18,22)/b19-8?,20-13+. The van der Waals surface area contributed by atoms with Crippen molar-refractivity contribution < 1.29 is 9.90 Å². The second-order valence-electron chi connectivity index (χ2n) is 5.70. The highest BCUT2D eigenvalue weighted by Gasteiger charge is 2.12. The van der Waals surface area contributed by atoms with Crippen LogP contribution in [0.2, 0.25) is 0 Å². The van der Waals surface area contributed by atoms with E-state index in [4.69, 9.17) is 5.84 Å². The van der Waals surface area contributed by atoms with Crippen LogP contribution < -0.4 is 11.2 Å². The van der Waals surface area contributed by atoms with Gasteiger partial charge in [-0.3, -0.25) is 9.79 Å². The molecule has 0 fully saturated rings. The summed E-state index contributed by atoms with van der Waals surface area (Å²) >= 11 is 3.34. The van der Waals surface area contributed by atoms with Crippen molar-refractivity contribution in [2.75, 3.05) is 0 Å². The Morgan fingerprint density at radius 2 is 2.09 bits per heavy atom. The molecule has 1 aromatic carbocycles. The van der Waals surface area contributed by atoms with Crippen molar-refractivity contribution >= 4 is 33.8 Å². The van der Waals surface area contributed by atoms with E-state index in [0.717, 1.165) is 15.6 Å². The third-order valence-electron chi connectivity index (χ3n) is 2.72. The first-order valence-corrected chi connectivity index (χ1v) is 7.55. The lowest BCUT2D eigenvalue weighted by atomic mass is 10.1. The molecular weight excluding hydrogens is 348 g/mol. The van der Waals surface area contributed by atoms with E-state index in [0.29, 0.717) is 0 Å². The first-order valence-electron chi connectivity index (χ1n) is 6.76. The van der Waals surface area contributed by atoms with Crippen molar-refractivity contribution in [2.24, 2.45) is 15.9 Å². The minimum Gasteiger partial charge on any atom is -0.392 e. The summed E-state index contributed by atoms with van der Waals surface area (Å²) in [6.45, 7) is 5.89. The second-order valence-corrected chi connectivity index (χ2v) is 6.61. The molecule has 0 saturated carbocycles. The Morgan fingerprint density at radius 3 is 2.64 bits per heavy atom. The molecule has 0 radical (unpaired) electrons. The number of hydrogen-bond acceptors (Lipinski definition) is 5. The fraction of sp³-hybridized carbons (Fsp3) is 0.400. The summed E-state index contributed by atoms with van der Waals surface area (Å²) in [5.74, 6) is 4.82.